The van der Waals surface area contributed by atoms with Gasteiger partial charge < -0.3 is 42.9 Å². The van der Waals surface area contributed by atoms with Crippen LogP contribution in [0.25, 0.3) is 11.0 Å². The molecule has 0 bridgehead atoms. The first-order chi connectivity index (χ1) is 22.9. The Morgan fingerprint density at radius 1 is 0.918 bits per heavy atom. The lowest BCUT2D eigenvalue weighted by molar-refractivity contribution is -0.238. The molecule has 6 atom stereocenters. The molecule has 1 aliphatic heterocycles. The molecule has 2 heterocycles. The Kier molecular flexibility index (Phi) is 12.6. The molecule has 17 nitrogen and oxygen atoms in total. The quantitative estimate of drug-likeness (QED) is 0.141. The summed E-state index contributed by atoms with van der Waals surface area (Å²) in [6, 6.07) is 3.89. The van der Waals surface area contributed by atoms with Crippen LogP contribution in [0.5, 0.6) is 5.75 Å². The van der Waals surface area contributed by atoms with Gasteiger partial charge in [0.25, 0.3) is 0 Å². The number of benzene rings is 1. The predicted octanol–water partition coefficient (Wildman–Crippen LogP) is 0.824. The fourth-order valence-corrected chi connectivity index (χ4v) is 5.42. The van der Waals surface area contributed by atoms with Crippen LogP contribution in [0.15, 0.2) is 33.5 Å². The van der Waals surface area contributed by atoms with Crippen molar-refractivity contribution in [3.8, 4) is 5.75 Å². The Bertz CT molecular complexity index is 1680. The van der Waals surface area contributed by atoms with Crippen molar-refractivity contribution in [1.29, 1.82) is 0 Å². The summed E-state index contributed by atoms with van der Waals surface area (Å²) in [6.07, 6.45) is -6.97. The zero-order valence-corrected chi connectivity index (χ0v) is 27.8. The Morgan fingerprint density at radius 2 is 1.59 bits per heavy atom. The maximum atomic E-state index is 13.7. The molecular formula is C32H37NO16. The highest BCUT2D eigenvalue weighted by molar-refractivity contribution is 5.88. The monoisotopic (exact) mass is 691 g/mol. The largest absolute Gasteiger partial charge is 0.467 e. The first-order valence-corrected chi connectivity index (χ1v) is 14.9. The van der Waals surface area contributed by atoms with E-state index in [9.17, 15) is 38.4 Å². The zero-order valence-electron chi connectivity index (χ0n) is 27.8. The lowest BCUT2D eigenvalue weighted by Crippen LogP contribution is -2.68. The minimum Gasteiger partial charge on any atom is -0.467 e. The summed E-state index contributed by atoms with van der Waals surface area (Å²) in [5.74, 6) is -5.56. The standard InChI is InChI=1S/C32H37NO16/c1-15(34)43-14-25(46-18(4)37)29(47-19(5)38)30-28(24(45-17(3)36)13-32(6,49-30)31(41)42-7)33-26(39)10-20-11-27(40)48-23-12-21(44-16(2)35)8-9-22(20)23/h8-9,11-12,24-25,28-30H,10,13-14H2,1-7H3,(H,33,39)/t24?,25-,28?,29-,30?,32?/m1/s1. The van der Waals surface area contributed by atoms with Crippen molar-refractivity contribution in [3.63, 3.8) is 0 Å². The Labute approximate surface area is 279 Å². The molecule has 49 heavy (non-hydrogen) atoms. The van der Waals surface area contributed by atoms with Crippen LogP contribution in [0, 0.1) is 0 Å². The van der Waals surface area contributed by atoms with Gasteiger partial charge in [-0.25, -0.2) is 9.59 Å². The zero-order chi connectivity index (χ0) is 36.6. The summed E-state index contributed by atoms with van der Waals surface area (Å²) in [5, 5.41) is 3.01. The van der Waals surface area contributed by atoms with Gasteiger partial charge in [0.05, 0.1) is 19.6 Å². The summed E-state index contributed by atoms with van der Waals surface area (Å²) in [5.41, 5.74) is -2.47. The van der Waals surface area contributed by atoms with Crippen LogP contribution in [-0.2, 0) is 68.4 Å². The molecule has 0 spiro atoms. The van der Waals surface area contributed by atoms with Crippen molar-refractivity contribution in [2.45, 2.75) is 90.4 Å². The molecule has 17 heteroatoms. The number of amides is 1. The molecule has 4 unspecified atom stereocenters. The van der Waals surface area contributed by atoms with Crippen molar-refractivity contribution in [2.24, 2.45) is 0 Å². The summed E-state index contributed by atoms with van der Waals surface area (Å²) < 4.78 is 42.8. The van der Waals surface area contributed by atoms with Gasteiger partial charge in [0, 0.05) is 58.6 Å². The first-order valence-electron chi connectivity index (χ1n) is 14.9. The predicted molar refractivity (Wildman–Crippen MR) is 163 cm³/mol. The average Bonchev–Trinajstić information content (AvgIpc) is 2.97. The van der Waals surface area contributed by atoms with E-state index >= 15 is 0 Å². The van der Waals surface area contributed by atoms with Gasteiger partial charge in [-0.05, 0) is 24.6 Å². The van der Waals surface area contributed by atoms with Gasteiger partial charge in [0.1, 0.15) is 30.1 Å². The van der Waals surface area contributed by atoms with E-state index in [2.05, 4.69) is 5.32 Å². The van der Waals surface area contributed by atoms with Crippen molar-refractivity contribution in [2.75, 3.05) is 13.7 Å². The highest BCUT2D eigenvalue weighted by Gasteiger charge is 2.56. The fourth-order valence-electron chi connectivity index (χ4n) is 5.42. The van der Waals surface area contributed by atoms with E-state index in [4.69, 9.17) is 37.6 Å². The van der Waals surface area contributed by atoms with Crippen molar-refractivity contribution < 1.29 is 71.1 Å². The average molecular weight is 692 g/mol. The summed E-state index contributed by atoms with van der Waals surface area (Å²) in [6.45, 7) is 6.12. The molecule has 0 radical (unpaired) electrons. The maximum Gasteiger partial charge on any atom is 0.338 e. The highest BCUT2D eigenvalue weighted by Crippen LogP contribution is 2.36. The first kappa shape index (κ1) is 38.1. The van der Waals surface area contributed by atoms with E-state index in [1.807, 2.05) is 0 Å². The lowest BCUT2D eigenvalue weighted by atomic mass is 9.84. The third-order valence-corrected chi connectivity index (χ3v) is 7.18. The molecule has 1 amide bonds. The van der Waals surface area contributed by atoms with Crippen LogP contribution < -0.4 is 15.7 Å². The topological polar surface area (TPSA) is 226 Å². The molecule has 1 fully saturated rings. The smallest absolute Gasteiger partial charge is 0.338 e. The molecule has 1 aliphatic rings. The van der Waals surface area contributed by atoms with Crippen LogP contribution in [0.2, 0.25) is 0 Å². The molecule has 2 aromatic rings. The summed E-state index contributed by atoms with van der Waals surface area (Å²) in [4.78, 5) is 99.0. The number of nitrogens with one attached hydrogen (secondary N) is 1. The van der Waals surface area contributed by atoms with Gasteiger partial charge >= 0.3 is 41.4 Å². The van der Waals surface area contributed by atoms with E-state index in [0.717, 1.165) is 40.9 Å². The number of carbonyl (C=O) groups excluding carboxylic acids is 7. The van der Waals surface area contributed by atoms with Gasteiger partial charge in [-0.3, -0.25) is 28.8 Å². The van der Waals surface area contributed by atoms with Crippen LogP contribution in [0.1, 0.15) is 53.5 Å². The number of fused-ring (bicyclic) bond motifs is 1. The van der Waals surface area contributed by atoms with Gasteiger partial charge in [-0.2, -0.15) is 0 Å². The second kappa shape index (κ2) is 16.2. The minimum atomic E-state index is -1.87. The number of esters is 6. The van der Waals surface area contributed by atoms with Crippen LogP contribution in [0.3, 0.4) is 0 Å². The van der Waals surface area contributed by atoms with Crippen molar-refractivity contribution in [3.05, 3.63) is 40.2 Å². The molecule has 1 aromatic heterocycles. The van der Waals surface area contributed by atoms with Gasteiger partial charge in [0.15, 0.2) is 17.8 Å². The van der Waals surface area contributed by atoms with Crippen LogP contribution >= 0.6 is 0 Å². The number of carbonyl (C=O) groups is 7. The van der Waals surface area contributed by atoms with Gasteiger partial charge in [-0.15, -0.1) is 0 Å². The van der Waals surface area contributed by atoms with E-state index < -0.39 is 96.4 Å². The molecule has 1 N–H and O–H groups in total. The third-order valence-electron chi connectivity index (χ3n) is 7.18. The SMILES string of the molecule is COC(=O)C1(C)CC(OC(C)=O)C(NC(=O)Cc2cc(=O)oc3cc(OC(C)=O)ccc23)C([C@H](OC(C)=O)[C@@H](COC(C)=O)OC(C)=O)O1. The molecule has 266 valence electrons. The van der Waals surface area contributed by atoms with E-state index in [1.165, 1.54) is 32.0 Å². The number of hydrogen-bond acceptors (Lipinski definition) is 16. The van der Waals surface area contributed by atoms with Crippen LogP contribution in [0.4, 0.5) is 0 Å². The Morgan fingerprint density at radius 3 is 2.16 bits per heavy atom. The Hall–Kier alpha value is -5.32. The molecule has 0 aliphatic carbocycles. The molecule has 3 rings (SSSR count). The van der Waals surface area contributed by atoms with E-state index in [0.29, 0.717) is 5.39 Å². The highest BCUT2D eigenvalue weighted by atomic mass is 16.6. The van der Waals surface area contributed by atoms with Crippen molar-refractivity contribution >= 4 is 52.7 Å². The van der Waals surface area contributed by atoms with Crippen LogP contribution in [-0.4, -0.2) is 91.5 Å². The molecule has 1 aromatic carbocycles. The second-order valence-corrected chi connectivity index (χ2v) is 11.3. The van der Waals surface area contributed by atoms with E-state index in [-0.39, 0.29) is 23.3 Å². The second-order valence-electron chi connectivity index (χ2n) is 11.3. The summed E-state index contributed by atoms with van der Waals surface area (Å²) >= 11 is 0. The lowest BCUT2D eigenvalue weighted by Gasteiger charge is -2.48. The summed E-state index contributed by atoms with van der Waals surface area (Å²) in [7, 11) is 1.09. The van der Waals surface area contributed by atoms with Gasteiger partial charge in [-0.1, -0.05) is 0 Å². The molecule has 0 saturated carbocycles. The number of ether oxygens (including phenoxy) is 7. The van der Waals surface area contributed by atoms with E-state index in [1.54, 1.807) is 0 Å². The number of rotatable bonds is 12. The number of hydrogen-bond donors (Lipinski definition) is 1. The fraction of sp³-hybridized carbons (Fsp3) is 0.500. The maximum absolute atomic E-state index is 13.7. The normalized spacial score (nSPS) is 21.3. The minimum absolute atomic E-state index is 0.0178. The van der Waals surface area contributed by atoms with Gasteiger partial charge in [0.2, 0.25) is 5.91 Å². The molecular weight excluding hydrogens is 654 g/mol. The van der Waals surface area contributed by atoms with Crippen molar-refractivity contribution in [1.82, 2.24) is 5.32 Å². The third kappa shape index (κ3) is 10.3. The Balaban J connectivity index is 2.12. The number of methoxy groups -OCH3 is 1. The molecule has 1 saturated heterocycles.